The predicted octanol–water partition coefficient (Wildman–Crippen LogP) is 6.11. The molecule has 1 unspecified atom stereocenters. The maximum Gasteiger partial charge on any atom is 0.416 e. The number of ether oxygens (including phenoxy) is 1. The smallest absolute Gasteiger partial charge is 0.416 e. The molecular weight excluding hydrogens is 427 g/mol. The highest BCUT2D eigenvalue weighted by Gasteiger charge is 2.30. The Morgan fingerprint density at radius 1 is 1.19 bits per heavy atom. The zero-order valence-electron chi connectivity index (χ0n) is 17.3. The number of aryl methyl sites for hydroxylation is 1. The molecule has 0 aliphatic heterocycles. The van der Waals surface area contributed by atoms with E-state index in [0.717, 1.165) is 22.6 Å². The molecule has 8 heteroatoms. The summed E-state index contributed by atoms with van der Waals surface area (Å²) in [6.45, 7) is 3.87. The van der Waals surface area contributed by atoms with E-state index in [-0.39, 0.29) is 17.6 Å². The average molecular weight is 449 g/mol. The van der Waals surface area contributed by atoms with E-state index in [1.54, 1.807) is 11.8 Å². The highest BCUT2D eigenvalue weighted by Crippen LogP contribution is 2.32. The van der Waals surface area contributed by atoms with Gasteiger partial charge in [0, 0.05) is 22.1 Å². The fourth-order valence-corrected chi connectivity index (χ4v) is 4.12. The van der Waals surface area contributed by atoms with Crippen molar-refractivity contribution in [3.8, 4) is 11.5 Å². The molecule has 31 heavy (non-hydrogen) atoms. The van der Waals surface area contributed by atoms with Crippen LogP contribution in [0.5, 0.6) is 0 Å². The maximum absolute atomic E-state index is 12.8. The summed E-state index contributed by atoms with van der Waals surface area (Å²) < 4.78 is 48.8. The molecule has 1 atom stereocenters. The molecule has 3 aromatic rings. The first-order valence-electron chi connectivity index (χ1n) is 9.62. The Kier molecular flexibility index (Phi) is 7.10. The van der Waals surface area contributed by atoms with Crippen molar-refractivity contribution in [1.82, 2.24) is 4.98 Å². The lowest BCUT2D eigenvalue weighted by atomic mass is 10.1. The van der Waals surface area contributed by atoms with E-state index >= 15 is 0 Å². The zero-order chi connectivity index (χ0) is 22.6. The minimum absolute atomic E-state index is 0.153. The van der Waals surface area contributed by atoms with Crippen molar-refractivity contribution < 1.29 is 27.1 Å². The van der Waals surface area contributed by atoms with Gasteiger partial charge in [0.1, 0.15) is 5.76 Å². The van der Waals surface area contributed by atoms with Gasteiger partial charge in [-0.3, -0.25) is 4.79 Å². The molecule has 0 saturated carbocycles. The topological polar surface area (TPSA) is 52.3 Å². The quantitative estimate of drug-likeness (QED) is 0.322. The number of aromatic nitrogens is 1. The van der Waals surface area contributed by atoms with E-state index in [2.05, 4.69) is 11.9 Å². The summed E-state index contributed by atoms with van der Waals surface area (Å²) in [5.41, 5.74) is 1.38. The molecule has 0 saturated heterocycles. The summed E-state index contributed by atoms with van der Waals surface area (Å²) in [4.78, 5) is 16.9. The molecule has 2 aromatic carbocycles. The first-order valence-corrected chi connectivity index (χ1v) is 10.5. The molecule has 0 bridgehead atoms. The van der Waals surface area contributed by atoms with Gasteiger partial charge in [0.05, 0.1) is 24.8 Å². The van der Waals surface area contributed by atoms with Gasteiger partial charge >= 0.3 is 12.1 Å². The minimum atomic E-state index is -4.38. The summed E-state index contributed by atoms with van der Waals surface area (Å²) in [6, 6.07) is 12.5. The van der Waals surface area contributed by atoms with Crippen molar-refractivity contribution in [1.29, 1.82) is 0 Å². The van der Waals surface area contributed by atoms with Crippen molar-refractivity contribution in [2.75, 3.05) is 7.11 Å². The molecule has 0 fully saturated rings. The second-order valence-corrected chi connectivity index (χ2v) is 8.65. The van der Waals surface area contributed by atoms with E-state index in [4.69, 9.17) is 9.15 Å². The SMILES string of the molecule is COC(=O)Cc1cccc(SC(C)Cc2oc(-c3ccc(C(F)(F)F)cc3)nc2C)c1. The molecule has 164 valence electrons. The zero-order valence-corrected chi connectivity index (χ0v) is 18.1. The highest BCUT2D eigenvalue weighted by atomic mass is 32.2. The summed E-state index contributed by atoms with van der Waals surface area (Å²) in [7, 11) is 1.36. The number of halogens is 3. The second kappa shape index (κ2) is 9.60. The van der Waals surface area contributed by atoms with Crippen LogP contribution in [0.2, 0.25) is 0 Å². The Balaban J connectivity index is 1.67. The number of nitrogens with zero attached hydrogens (tertiary/aromatic N) is 1. The average Bonchev–Trinajstić information content (AvgIpc) is 3.07. The van der Waals surface area contributed by atoms with Crippen molar-refractivity contribution in [3.05, 3.63) is 71.1 Å². The molecule has 0 aliphatic carbocycles. The van der Waals surface area contributed by atoms with Gasteiger partial charge < -0.3 is 9.15 Å². The van der Waals surface area contributed by atoms with E-state index in [1.165, 1.54) is 19.2 Å². The Bertz CT molecular complexity index is 1040. The second-order valence-electron chi connectivity index (χ2n) is 7.14. The van der Waals surface area contributed by atoms with Gasteiger partial charge in [-0.1, -0.05) is 19.1 Å². The van der Waals surface area contributed by atoms with Crippen LogP contribution in [0, 0.1) is 6.92 Å². The van der Waals surface area contributed by atoms with Crippen molar-refractivity contribution >= 4 is 17.7 Å². The molecular formula is C23H22F3NO3S. The van der Waals surface area contributed by atoms with Crippen LogP contribution in [0.3, 0.4) is 0 Å². The van der Waals surface area contributed by atoms with Crippen molar-refractivity contribution in [2.24, 2.45) is 0 Å². The summed E-state index contributed by atoms with van der Waals surface area (Å²) in [6.07, 6.45) is -3.56. The van der Waals surface area contributed by atoms with E-state index in [9.17, 15) is 18.0 Å². The summed E-state index contributed by atoms with van der Waals surface area (Å²) in [5, 5.41) is 0.153. The number of alkyl halides is 3. The number of esters is 1. The number of carbonyl (C=O) groups is 1. The van der Waals surface area contributed by atoms with Crippen molar-refractivity contribution in [3.63, 3.8) is 0 Å². The van der Waals surface area contributed by atoms with Crippen LogP contribution in [0.25, 0.3) is 11.5 Å². The summed E-state index contributed by atoms with van der Waals surface area (Å²) >= 11 is 1.64. The first-order chi connectivity index (χ1) is 14.7. The standard InChI is InChI=1S/C23H22F3NO3S/c1-14(31-19-6-4-5-16(12-19)13-21(28)29-3)11-20-15(2)27-22(30-20)17-7-9-18(10-8-17)23(24,25)26/h4-10,12,14H,11,13H2,1-3H3. The Labute approximate surface area is 182 Å². The van der Waals surface area contributed by atoms with Crippen LogP contribution in [0.1, 0.15) is 29.5 Å². The number of methoxy groups -OCH3 is 1. The van der Waals surface area contributed by atoms with Crippen LogP contribution < -0.4 is 0 Å². The summed E-state index contributed by atoms with van der Waals surface area (Å²) in [5.74, 6) is 0.711. The van der Waals surface area contributed by atoms with E-state index in [1.807, 2.05) is 31.2 Å². The van der Waals surface area contributed by atoms with E-state index in [0.29, 0.717) is 29.3 Å². The lowest BCUT2D eigenvalue weighted by Gasteiger charge is -2.11. The number of oxazole rings is 1. The Morgan fingerprint density at radius 3 is 2.55 bits per heavy atom. The van der Waals surface area contributed by atoms with Gasteiger partial charge in [-0.2, -0.15) is 13.2 Å². The Hall–Kier alpha value is -2.74. The third-order valence-corrected chi connectivity index (χ3v) is 5.73. The number of hydrogen-bond donors (Lipinski definition) is 0. The minimum Gasteiger partial charge on any atom is -0.469 e. The lowest BCUT2D eigenvalue weighted by Crippen LogP contribution is -2.05. The highest BCUT2D eigenvalue weighted by molar-refractivity contribution is 7.99. The molecule has 3 rings (SSSR count). The van der Waals surface area contributed by atoms with Gasteiger partial charge in [-0.05, 0) is 48.9 Å². The van der Waals surface area contributed by atoms with Gasteiger partial charge in [0.25, 0.3) is 0 Å². The van der Waals surface area contributed by atoms with Crippen LogP contribution >= 0.6 is 11.8 Å². The number of benzene rings is 2. The largest absolute Gasteiger partial charge is 0.469 e. The third kappa shape index (κ3) is 6.13. The van der Waals surface area contributed by atoms with Crippen LogP contribution in [-0.4, -0.2) is 23.3 Å². The number of hydrogen-bond acceptors (Lipinski definition) is 5. The molecule has 1 aromatic heterocycles. The van der Waals surface area contributed by atoms with Crippen LogP contribution in [-0.2, 0) is 28.5 Å². The van der Waals surface area contributed by atoms with Crippen LogP contribution in [0.4, 0.5) is 13.2 Å². The van der Waals surface area contributed by atoms with Crippen molar-refractivity contribution in [2.45, 2.75) is 43.0 Å². The molecule has 0 radical (unpaired) electrons. The Morgan fingerprint density at radius 2 is 1.90 bits per heavy atom. The predicted molar refractivity (Wildman–Crippen MR) is 113 cm³/mol. The molecule has 0 aliphatic rings. The van der Waals surface area contributed by atoms with Gasteiger partial charge in [-0.15, -0.1) is 11.8 Å². The molecule has 1 heterocycles. The number of carbonyl (C=O) groups excluding carboxylic acids is 1. The molecule has 4 nitrogen and oxygen atoms in total. The third-order valence-electron chi connectivity index (χ3n) is 4.64. The fourth-order valence-electron chi connectivity index (χ4n) is 3.05. The van der Waals surface area contributed by atoms with E-state index < -0.39 is 11.7 Å². The van der Waals surface area contributed by atoms with Gasteiger partial charge in [0.2, 0.25) is 5.89 Å². The molecule has 0 amide bonds. The normalized spacial score (nSPS) is 12.6. The van der Waals surface area contributed by atoms with Gasteiger partial charge in [-0.25, -0.2) is 4.98 Å². The van der Waals surface area contributed by atoms with Crippen LogP contribution in [0.15, 0.2) is 57.8 Å². The monoisotopic (exact) mass is 449 g/mol. The number of thioether (sulfide) groups is 1. The molecule has 0 N–H and O–H groups in total. The van der Waals surface area contributed by atoms with Gasteiger partial charge in [0.15, 0.2) is 0 Å². The molecule has 0 spiro atoms. The number of rotatable bonds is 7. The lowest BCUT2D eigenvalue weighted by molar-refractivity contribution is -0.140. The fraction of sp³-hybridized carbons (Fsp3) is 0.304. The maximum atomic E-state index is 12.8. The first kappa shape index (κ1) is 22.9.